The first-order chi connectivity index (χ1) is 10.7. The number of hydrogen-bond acceptors (Lipinski definition) is 10. The van der Waals surface area contributed by atoms with E-state index in [4.69, 9.17) is 19.3 Å². The van der Waals surface area contributed by atoms with Gasteiger partial charge in [0.15, 0.2) is 11.5 Å². The molecule has 132 valence electrons. The van der Waals surface area contributed by atoms with Gasteiger partial charge in [0.25, 0.3) is 5.78 Å². The summed E-state index contributed by atoms with van der Waals surface area (Å²) in [7, 11) is 0. The standard InChI is InChI=1S/C13H20O10/c1-5-8(16)10(18)11(19)12(22-5)21-4-13(20)2-6(15)9(17)7(3-14)23-13/h5-7,9,12,14-18,20H,2-4H2,1H3/t5?,6?,7?,9-,12-,13?/m1/s1. The van der Waals surface area contributed by atoms with Crippen molar-refractivity contribution in [3.63, 3.8) is 0 Å². The molecular weight excluding hydrogens is 316 g/mol. The molecule has 0 aliphatic carbocycles. The summed E-state index contributed by atoms with van der Waals surface area (Å²) in [5.41, 5.74) is 0. The van der Waals surface area contributed by atoms with Gasteiger partial charge in [-0.1, -0.05) is 0 Å². The third kappa shape index (κ3) is 3.63. The fourth-order valence-corrected chi connectivity index (χ4v) is 2.40. The number of hydrogen-bond donors (Lipinski definition) is 6. The van der Waals surface area contributed by atoms with Gasteiger partial charge in [-0.25, -0.2) is 0 Å². The maximum atomic E-state index is 11.7. The van der Waals surface area contributed by atoms with E-state index in [-0.39, 0.29) is 0 Å². The van der Waals surface area contributed by atoms with Crippen molar-refractivity contribution in [2.24, 2.45) is 0 Å². The van der Waals surface area contributed by atoms with Crippen LogP contribution in [-0.4, -0.2) is 86.1 Å². The molecule has 0 bridgehead atoms. The van der Waals surface area contributed by atoms with Gasteiger partial charge in [0.1, 0.15) is 24.9 Å². The van der Waals surface area contributed by atoms with Gasteiger partial charge in [-0.05, 0) is 6.92 Å². The van der Waals surface area contributed by atoms with Gasteiger partial charge in [0.2, 0.25) is 12.0 Å². The smallest absolute Gasteiger partial charge is 0.256 e. The van der Waals surface area contributed by atoms with E-state index in [0.29, 0.717) is 0 Å². The van der Waals surface area contributed by atoms with E-state index in [1.165, 1.54) is 6.92 Å². The highest BCUT2D eigenvalue weighted by Gasteiger charge is 2.46. The molecular formula is C13H20O10. The summed E-state index contributed by atoms with van der Waals surface area (Å²) in [6.07, 6.45) is -6.96. The van der Waals surface area contributed by atoms with Crippen LogP contribution >= 0.6 is 0 Å². The normalized spacial score (nSPS) is 42.1. The minimum Gasteiger partial charge on any atom is -0.506 e. The lowest BCUT2D eigenvalue weighted by molar-refractivity contribution is -0.330. The number of ether oxygens (including phenoxy) is 3. The van der Waals surface area contributed by atoms with Gasteiger partial charge in [0, 0.05) is 6.42 Å². The van der Waals surface area contributed by atoms with Crippen LogP contribution in [0.25, 0.3) is 0 Å². The number of aliphatic hydroxyl groups excluding tert-OH is 5. The van der Waals surface area contributed by atoms with Gasteiger partial charge < -0.3 is 44.8 Å². The molecule has 6 atom stereocenters. The molecule has 4 unspecified atom stereocenters. The van der Waals surface area contributed by atoms with E-state index < -0.39 is 73.4 Å². The lowest BCUT2D eigenvalue weighted by atomic mass is 9.96. The van der Waals surface area contributed by atoms with E-state index in [2.05, 4.69) is 0 Å². The molecule has 2 aliphatic rings. The third-order valence-electron chi connectivity index (χ3n) is 3.72. The predicted octanol–water partition coefficient (Wildman–Crippen LogP) is -2.16. The Bertz CT molecular complexity index is 491. The molecule has 0 saturated carbocycles. The van der Waals surface area contributed by atoms with Crippen LogP contribution in [0.2, 0.25) is 0 Å². The topological polar surface area (TPSA) is 166 Å². The Balaban J connectivity index is 2.01. The highest BCUT2D eigenvalue weighted by atomic mass is 16.7. The lowest BCUT2D eigenvalue weighted by Crippen LogP contribution is -2.58. The zero-order chi connectivity index (χ0) is 17.4. The molecule has 0 radical (unpaired) electrons. The van der Waals surface area contributed by atoms with Gasteiger partial charge in [-0.15, -0.1) is 0 Å². The van der Waals surface area contributed by atoms with Crippen molar-refractivity contribution in [3.8, 4) is 0 Å². The van der Waals surface area contributed by atoms with Crippen LogP contribution in [0, 0.1) is 0 Å². The molecule has 10 nitrogen and oxygen atoms in total. The van der Waals surface area contributed by atoms with Crippen LogP contribution in [0.1, 0.15) is 13.3 Å². The third-order valence-corrected chi connectivity index (χ3v) is 3.72. The zero-order valence-electron chi connectivity index (χ0n) is 12.3. The molecule has 2 aliphatic heterocycles. The molecule has 0 spiro atoms. The van der Waals surface area contributed by atoms with Crippen molar-refractivity contribution in [3.05, 3.63) is 11.5 Å². The molecule has 0 aromatic heterocycles. The molecule has 1 saturated heterocycles. The first-order valence-electron chi connectivity index (χ1n) is 6.99. The number of carbonyl (C=O) groups excluding carboxylic acids is 1. The van der Waals surface area contributed by atoms with Gasteiger partial charge in [-0.2, -0.15) is 0 Å². The first kappa shape index (κ1) is 18.1. The minimum absolute atomic E-state index is 0.422. The van der Waals surface area contributed by atoms with E-state index in [1.54, 1.807) is 0 Å². The number of Topliss-reactive ketones (excluding diaryl/α,β-unsaturated/α-hetero) is 1. The van der Waals surface area contributed by atoms with Crippen LogP contribution < -0.4 is 0 Å². The van der Waals surface area contributed by atoms with Crippen molar-refractivity contribution in [2.75, 3.05) is 13.2 Å². The summed E-state index contributed by atoms with van der Waals surface area (Å²) < 4.78 is 15.2. The van der Waals surface area contributed by atoms with E-state index in [1.807, 2.05) is 0 Å². The highest BCUT2D eigenvalue weighted by Crippen LogP contribution is 2.29. The monoisotopic (exact) mass is 336 g/mol. The van der Waals surface area contributed by atoms with E-state index >= 15 is 0 Å². The van der Waals surface area contributed by atoms with Gasteiger partial charge >= 0.3 is 0 Å². The Morgan fingerprint density at radius 2 is 2.00 bits per heavy atom. The van der Waals surface area contributed by atoms with Crippen molar-refractivity contribution < 1.29 is 49.6 Å². The summed E-state index contributed by atoms with van der Waals surface area (Å²) in [6, 6.07) is 0. The Labute approximate surface area is 131 Å². The molecule has 2 rings (SSSR count). The molecule has 23 heavy (non-hydrogen) atoms. The van der Waals surface area contributed by atoms with Crippen molar-refractivity contribution >= 4 is 5.78 Å². The SMILES string of the molecule is CC1O[C@@H](OCC2(O)CC(O)[C@@H](O)C(CO)O2)C(=O)C(O)=C1O. The summed E-state index contributed by atoms with van der Waals surface area (Å²) in [4.78, 5) is 11.7. The molecule has 2 heterocycles. The van der Waals surface area contributed by atoms with Crippen molar-refractivity contribution in [1.82, 2.24) is 0 Å². The van der Waals surface area contributed by atoms with Crippen LogP contribution in [0.5, 0.6) is 0 Å². The number of carbonyl (C=O) groups is 1. The Kier molecular flexibility index (Phi) is 5.26. The average molecular weight is 336 g/mol. The minimum atomic E-state index is -2.07. The largest absolute Gasteiger partial charge is 0.506 e. The van der Waals surface area contributed by atoms with Crippen LogP contribution in [0.15, 0.2) is 11.5 Å². The van der Waals surface area contributed by atoms with Crippen LogP contribution in [-0.2, 0) is 19.0 Å². The molecule has 1 fully saturated rings. The molecule has 0 aromatic rings. The van der Waals surface area contributed by atoms with Gasteiger partial charge in [0.05, 0.1) is 12.7 Å². The summed E-state index contributed by atoms with van der Waals surface area (Å²) in [5, 5.41) is 57.5. The summed E-state index contributed by atoms with van der Waals surface area (Å²) in [6.45, 7) is 0.0976. The highest BCUT2D eigenvalue weighted by molar-refractivity contribution is 5.96. The second kappa shape index (κ2) is 6.69. The van der Waals surface area contributed by atoms with E-state index in [9.17, 15) is 30.3 Å². The van der Waals surface area contributed by atoms with Crippen molar-refractivity contribution in [2.45, 2.75) is 49.8 Å². The zero-order valence-corrected chi connectivity index (χ0v) is 12.3. The summed E-state index contributed by atoms with van der Waals surface area (Å²) >= 11 is 0. The number of rotatable bonds is 4. The predicted molar refractivity (Wildman–Crippen MR) is 71.1 cm³/mol. The summed E-state index contributed by atoms with van der Waals surface area (Å²) in [5.74, 6) is -4.62. The Hall–Kier alpha value is -1.27. The Morgan fingerprint density at radius 1 is 1.35 bits per heavy atom. The average Bonchev–Trinajstić information content (AvgIpc) is 2.51. The Morgan fingerprint density at radius 3 is 2.61 bits per heavy atom. The quantitative estimate of drug-likeness (QED) is 0.333. The van der Waals surface area contributed by atoms with Gasteiger partial charge in [-0.3, -0.25) is 4.79 Å². The fourth-order valence-electron chi connectivity index (χ4n) is 2.40. The first-order valence-corrected chi connectivity index (χ1v) is 6.99. The second-order valence-corrected chi connectivity index (χ2v) is 5.57. The maximum absolute atomic E-state index is 11.7. The molecule has 10 heteroatoms. The number of ketones is 1. The molecule has 6 N–H and O–H groups in total. The fraction of sp³-hybridized carbons (Fsp3) is 0.769. The maximum Gasteiger partial charge on any atom is 0.256 e. The van der Waals surface area contributed by atoms with E-state index in [0.717, 1.165) is 0 Å². The number of aliphatic hydroxyl groups is 6. The van der Waals surface area contributed by atoms with Crippen LogP contribution in [0.4, 0.5) is 0 Å². The van der Waals surface area contributed by atoms with Crippen LogP contribution in [0.3, 0.4) is 0 Å². The molecule has 0 aromatic carbocycles. The second-order valence-electron chi connectivity index (χ2n) is 5.57. The van der Waals surface area contributed by atoms with Crippen molar-refractivity contribution in [1.29, 1.82) is 0 Å². The lowest BCUT2D eigenvalue weighted by Gasteiger charge is -2.42. The molecule has 0 amide bonds.